The van der Waals surface area contributed by atoms with E-state index in [4.69, 9.17) is 10.5 Å². The lowest BCUT2D eigenvalue weighted by molar-refractivity contribution is 0.184. The van der Waals surface area contributed by atoms with E-state index in [1.54, 1.807) is 7.11 Å². The molecule has 1 saturated heterocycles. The van der Waals surface area contributed by atoms with Crippen molar-refractivity contribution in [1.82, 2.24) is 4.90 Å². The van der Waals surface area contributed by atoms with Crippen LogP contribution in [-0.4, -0.2) is 31.6 Å². The van der Waals surface area contributed by atoms with E-state index in [2.05, 4.69) is 43.0 Å². The van der Waals surface area contributed by atoms with Crippen LogP contribution >= 0.6 is 0 Å². The highest BCUT2D eigenvalue weighted by molar-refractivity contribution is 5.26. The molecule has 3 nitrogen and oxygen atoms in total. The molecule has 1 heterocycles. The molecule has 3 heteroatoms. The van der Waals surface area contributed by atoms with Crippen LogP contribution in [0.25, 0.3) is 0 Å². The fourth-order valence-electron chi connectivity index (χ4n) is 3.20. The van der Waals surface area contributed by atoms with Crippen molar-refractivity contribution >= 4 is 0 Å². The lowest BCUT2D eigenvalue weighted by Crippen LogP contribution is -2.32. The van der Waals surface area contributed by atoms with Gasteiger partial charge in [0, 0.05) is 26.2 Å². The van der Waals surface area contributed by atoms with Gasteiger partial charge in [0.1, 0.15) is 0 Å². The van der Waals surface area contributed by atoms with Gasteiger partial charge in [-0.1, -0.05) is 38.1 Å². The van der Waals surface area contributed by atoms with Gasteiger partial charge in [0.15, 0.2) is 0 Å². The van der Waals surface area contributed by atoms with Crippen LogP contribution < -0.4 is 5.73 Å². The van der Waals surface area contributed by atoms with E-state index in [0.717, 1.165) is 11.8 Å². The van der Waals surface area contributed by atoms with E-state index in [1.807, 2.05) is 0 Å². The van der Waals surface area contributed by atoms with Crippen molar-refractivity contribution in [3.05, 3.63) is 35.4 Å². The van der Waals surface area contributed by atoms with Crippen molar-refractivity contribution < 1.29 is 4.74 Å². The van der Waals surface area contributed by atoms with Gasteiger partial charge in [-0.3, -0.25) is 4.90 Å². The Balaban J connectivity index is 2.10. The normalized spacial score (nSPS) is 21.6. The average Bonchev–Trinajstić information content (AvgIpc) is 2.90. The first-order valence-corrected chi connectivity index (χ1v) is 7.67. The maximum atomic E-state index is 6.06. The van der Waals surface area contributed by atoms with Gasteiger partial charge in [0.25, 0.3) is 0 Å². The van der Waals surface area contributed by atoms with Gasteiger partial charge in [0.05, 0.1) is 6.61 Å². The van der Waals surface area contributed by atoms with Crippen molar-refractivity contribution in [3.63, 3.8) is 0 Å². The van der Waals surface area contributed by atoms with E-state index in [-0.39, 0.29) is 0 Å². The largest absolute Gasteiger partial charge is 0.380 e. The van der Waals surface area contributed by atoms with Crippen LogP contribution in [0.1, 0.15) is 37.4 Å². The monoisotopic (exact) mass is 276 g/mol. The first-order valence-electron chi connectivity index (χ1n) is 7.67. The van der Waals surface area contributed by atoms with Crippen LogP contribution in [0.2, 0.25) is 0 Å². The minimum Gasteiger partial charge on any atom is -0.380 e. The highest BCUT2D eigenvalue weighted by atomic mass is 16.5. The third-order valence-electron chi connectivity index (χ3n) is 4.51. The lowest BCUT2D eigenvalue weighted by atomic mass is 9.95. The van der Waals surface area contributed by atoms with Gasteiger partial charge in [-0.15, -0.1) is 0 Å². The zero-order chi connectivity index (χ0) is 14.5. The predicted molar refractivity (Wildman–Crippen MR) is 83.5 cm³/mol. The van der Waals surface area contributed by atoms with Gasteiger partial charge in [-0.2, -0.15) is 0 Å². The summed E-state index contributed by atoms with van der Waals surface area (Å²) in [5.74, 6) is 1.57. The maximum absolute atomic E-state index is 6.06. The summed E-state index contributed by atoms with van der Waals surface area (Å²) >= 11 is 0. The van der Waals surface area contributed by atoms with Crippen LogP contribution in [0.5, 0.6) is 0 Å². The lowest BCUT2D eigenvalue weighted by Gasteiger charge is -2.28. The minimum atomic E-state index is 0.343. The molecule has 0 radical (unpaired) electrons. The molecule has 1 fully saturated rings. The van der Waals surface area contributed by atoms with Crippen molar-refractivity contribution in [1.29, 1.82) is 0 Å². The highest BCUT2D eigenvalue weighted by Gasteiger charge is 2.29. The summed E-state index contributed by atoms with van der Waals surface area (Å²) in [6.07, 6.45) is 1.30. The molecule has 2 rings (SSSR count). The fourth-order valence-corrected chi connectivity index (χ4v) is 3.20. The molecule has 0 bridgehead atoms. The Morgan fingerprint density at radius 3 is 2.80 bits per heavy atom. The molecule has 2 N–H and O–H groups in total. The molecule has 112 valence electrons. The number of ether oxygens (including phenoxy) is 1. The second-order valence-corrected chi connectivity index (χ2v) is 6.22. The zero-order valence-corrected chi connectivity index (χ0v) is 13.0. The Morgan fingerprint density at radius 2 is 2.20 bits per heavy atom. The average molecular weight is 276 g/mol. The summed E-state index contributed by atoms with van der Waals surface area (Å²) in [7, 11) is 1.74. The molecule has 2 unspecified atom stereocenters. The Kier molecular flexibility index (Phi) is 5.58. The van der Waals surface area contributed by atoms with Crippen LogP contribution in [0.3, 0.4) is 0 Å². The van der Waals surface area contributed by atoms with Crippen LogP contribution in [-0.2, 0) is 11.3 Å². The molecule has 0 spiro atoms. The molecule has 1 aliphatic heterocycles. The third-order valence-corrected chi connectivity index (χ3v) is 4.51. The van der Waals surface area contributed by atoms with E-state index in [0.29, 0.717) is 19.2 Å². The second-order valence-electron chi connectivity index (χ2n) is 6.22. The molecule has 0 aliphatic carbocycles. The summed E-state index contributed by atoms with van der Waals surface area (Å²) in [6, 6.07) is 9.00. The maximum Gasteiger partial charge on any atom is 0.0713 e. The smallest absolute Gasteiger partial charge is 0.0713 e. The topological polar surface area (TPSA) is 38.5 Å². The summed E-state index contributed by atoms with van der Waals surface area (Å²) < 4.78 is 5.23. The van der Waals surface area contributed by atoms with E-state index < -0.39 is 0 Å². The van der Waals surface area contributed by atoms with E-state index >= 15 is 0 Å². The fraction of sp³-hybridized carbons (Fsp3) is 0.647. The molecule has 0 amide bonds. The van der Waals surface area contributed by atoms with Crippen molar-refractivity contribution in [2.45, 2.75) is 32.9 Å². The quantitative estimate of drug-likeness (QED) is 0.868. The first kappa shape index (κ1) is 15.5. The molecule has 1 aliphatic rings. The summed E-state index contributed by atoms with van der Waals surface area (Å²) in [4.78, 5) is 2.55. The Labute approximate surface area is 123 Å². The molecular formula is C17H28N2O. The summed E-state index contributed by atoms with van der Waals surface area (Å²) in [5.41, 5.74) is 8.61. The summed E-state index contributed by atoms with van der Waals surface area (Å²) in [5, 5.41) is 0. The molecule has 0 saturated carbocycles. The van der Waals surface area contributed by atoms with Gasteiger partial charge in [-0.25, -0.2) is 0 Å². The van der Waals surface area contributed by atoms with Crippen LogP contribution in [0.4, 0.5) is 0 Å². The molecule has 0 aromatic heterocycles. The predicted octanol–water partition coefficient (Wildman–Crippen LogP) is 2.81. The Hall–Kier alpha value is -0.900. The molecule has 1 aromatic rings. The molecule has 20 heavy (non-hydrogen) atoms. The van der Waals surface area contributed by atoms with E-state index in [9.17, 15) is 0 Å². The Morgan fingerprint density at radius 1 is 1.40 bits per heavy atom. The molecule has 1 aromatic carbocycles. The first-order chi connectivity index (χ1) is 9.65. The number of hydrogen-bond donors (Lipinski definition) is 1. The van der Waals surface area contributed by atoms with E-state index in [1.165, 1.54) is 30.6 Å². The number of benzene rings is 1. The molecule has 2 atom stereocenters. The van der Waals surface area contributed by atoms with Crippen molar-refractivity contribution in [2.75, 3.05) is 26.7 Å². The minimum absolute atomic E-state index is 0.343. The summed E-state index contributed by atoms with van der Waals surface area (Å²) in [6.45, 7) is 8.34. The number of hydrogen-bond acceptors (Lipinski definition) is 3. The third kappa shape index (κ3) is 3.60. The number of rotatable bonds is 6. The number of nitrogens with two attached hydrogens (primary N) is 1. The van der Waals surface area contributed by atoms with Crippen molar-refractivity contribution in [3.8, 4) is 0 Å². The highest BCUT2D eigenvalue weighted by Crippen LogP contribution is 2.30. The van der Waals surface area contributed by atoms with Gasteiger partial charge in [-0.05, 0) is 35.9 Å². The van der Waals surface area contributed by atoms with Crippen LogP contribution in [0, 0.1) is 11.8 Å². The van der Waals surface area contributed by atoms with Crippen LogP contribution in [0.15, 0.2) is 24.3 Å². The molecular weight excluding hydrogens is 248 g/mol. The zero-order valence-electron chi connectivity index (χ0n) is 13.0. The SMILES string of the molecule is COCc1cccc(C(CN)N2CCC(C(C)C)C2)c1. The van der Waals surface area contributed by atoms with Crippen molar-refractivity contribution in [2.24, 2.45) is 17.6 Å². The number of likely N-dealkylation sites (tertiary alicyclic amines) is 1. The Bertz CT molecular complexity index is 419. The standard InChI is InChI=1S/C17H28N2O/c1-13(2)16-7-8-19(11-16)17(10-18)15-6-4-5-14(9-15)12-20-3/h4-6,9,13,16-17H,7-8,10-12,18H2,1-3H3. The van der Waals surface area contributed by atoms with Gasteiger partial charge in [0.2, 0.25) is 0 Å². The number of nitrogens with zero attached hydrogens (tertiary/aromatic N) is 1. The second kappa shape index (κ2) is 7.21. The van der Waals surface area contributed by atoms with Gasteiger partial charge >= 0.3 is 0 Å². The number of methoxy groups -OCH3 is 1. The van der Waals surface area contributed by atoms with Gasteiger partial charge < -0.3 is 10.5 Å².